The van der Waals surface area contributed by atoms with Gasteiger partial charge in [0, 0.05) is 11.8 Å². The Morgan fingerprint density at radius 1 is 1.45 bits per heavy atom. The van der Waals surface area contributed by atoms with Crippen molar-refractivity contribution in [1.82, 2.24) is 15.4 Å². The first-order chi connectivity index (χ1) is 9.69. The monoisotopic (exact) mass is 272 g/mol. The van der Waals surface area contributed by atoms with E-state index in [2.05, 4.69) is 22.0 Å². The highest BCUT2D eigenvalue weighted by atomic mass is 16.5. The zero-order valence-corrected chi connectivity index (χ0v) is 11.7. The molecule has 0 atom stereocenters. The van der Waals surface area contributed by atoms with Gasteiger partial charge >= 0.3 is 0 Å². The van der Waals surface area contributed by atoms with Gasteiger partial charge in [-0.2, -0.15) is 0 Å². The molecular weight excluding hydrogens is 252 g/mol. The molecule has 0 radical (unpaired) electrons. The van der Waals surface area contributed by atoms with Gasteiger partial charge in [-0.05, 0) is 25.0 Å². The van der Waals surface area contributed by atoms with Crippen molar-refractivity contribution in [1.29, 1.82) is 0 Å². The number of hydrogen-bond donors (Lipinski definition) is 2. The summed E-state index contributed by atoms with van der Waals surface area (Å²) in [5.74, 6) is 0.997. The summed E-state index contributed by atoms with van der Waals surface area (Å²) in [5.41, 5.74) is 12.1. The van der Waals surface area contributed by atoms with Gasteiger partial charge in [-0.1, -0.05) is 19.4 Å². The van der Waals surface area contributed by atoms with Crippen molar-refractivity contribution >= 4 is 11.5 Å². The molecule has 0 bridgehead atoms. The molecule has 1 aliphatic carbocycles. The minimum absolute atomic E-state index is 0.404. The smallest absolute Gasteiger partial charge is 0.166 e. The topological polar surface area (TPSA) is 63.4 Å². The van der Waals surface area contributed by atoms with E-state index in [9.17, 15) is 0 Å². The largest absolute Gasteiger partial charge is 0.493 e. The molecule has 0 unspecified atom stereocenters. The number of pyridine rings is 1. The number of nitrogens with zero attached hydrogens (tertiary/aromatic N) is 2. The quantitative estimate of drug-likeness (QED) is 0.884. The number of nitrogen functional groups attached to an aromatic ring is 1. The molecule has 1 saturated carbocycles. The van der Waals surface area contributed by atoms with Gasteiger partial charge in [0.05, 0.1) is 24.5 Å². The molecule has 5 nitrogen and oxygen atoms in total. The summed E-state index contributed by atoms with van der Waals surface area (Å²) in [6.45, 7) is 4.13. The molecule has 1 aliphatic heterocycles. The van der Waals surface area contributed by atoms with Crippen LogP contribution in [0.5, 0.6) is 5.75 Å². The second-order valence-electron chi connectivity index (χ2n) is 5.28. The van der Waals surface area contributed by atoms with Crippen LogP contribution in [0.25, 0.3) is 5.70 Å². The summed E-state index contributed by atoms with van der Waals surface area (Å²) in [4.78, 5) is 4.17. The Balaban J connectivity index is 1.81. The molecule has 0 amide bonds. The number of nitrogens with two attached hydrogens (primary N) is 1. The van der Waals surface area contributed by atoms with Crippen LogP contribution in [0.1, 0.15) is 31.2 Å². The molecule has 2 heterocycles. The first-order valence-corrected chi connectivity index (χ1v) is 6.95. The Hall–Kier alpha value is -2.17. The third-order valence-corrected chi connectivity index (χ3v) is 3.96. The van der Waals surface area contributed by atoms with Crippen LogP contribution in [0, 0.1) is 0 Å². The van der Waals surface area contributed by atoms with E-state index >= 15 is 0 Å². The average Bonchev–Trinajstić information content (AvgIpc) is 3.08. The number of hydrazine groups is 1. The van der Waals surface area contributed by atoms with E-state index in [1.807, 2.05) is 12.1 Å². The molecule has 3 rings (SSSR count). The fourth-order valence-electron chi connectivity index (χ4n) is 2.87. The number of nitrogens with one attached hydrogen (secondary N) is 1. The van der Waals surface area contributed by atoms with Gasteiger partial charge in [0.1, 0.15) is 0 Å². The SMILES string of the molecule is C=C1C=C(c2cnc(N)c(OC)c2)NN1C1CCCC1. The predicted molar refractivity (Wildman–Crippen MR) is 79.5 cm³/mol. The second kappa shape index (κ2) is 5.07. The van der Waals surface area contributed by atoms with Crippen molar-refractivity contribution in [3.63, 3.8) is 0 Å². The van der Waals surface area contributed by atoms with Gasteiger partial charge in [0.15, 0.2) is 11.6 Å². The molecule has 1 aromatic rings. The number of anilines is 1. The van der Waals surface area contributed by atoms with E-state index < -0.39 is 0 Å². The maximum absolute atomic E-state index is 5.75. The molecule has 2 aliphatic rings. The minimum atomic E-state index is 0.404. The fraction of sp³-hybridized carbons (Fsp3) is 0.400. The molecule has 20 heavy (non-hydrogen) atoms. The highest BCUT2D eigenvalue weighted by Gasteiger charge is 2.27. The van der Waals surface area contributed by atoms with Gasteiger partial charge in [-0.3, -0.25) is 10.4 Å². The number of allylic oxidation sites excluding steroid dienone is 1. The zero-order chi connectivity index (χ0) is 14.1. The maximum atomic E-state index is 5.75. The van der Waals surface area contributed by atoms with Crippen molar-refractivity contribution < 1.29 is 4.74 Å². The van der Waals surface area contributed by atoms with Crippen molar-refractivity contribution in [3.8, 4) is 5.75 Å². The van der Waals surface area contributed by atoms with Crippen molar-refractivity contribution in [2.45, 2.75) is 31.7 Å². The zero-order valence-electron chi connectivity index (χ0n) is 11.7. The summed E-state index contributed by atoms with van der Waals surface area (Å²) in [6, 6.07) is 2.44. The van der Waals surface area contributed by atoms with Crippen molar-refractivity contribution in [3.05, 3.63) is 36.2 Å². The summed E-state index contributed by atoms with van der Waals surface area (Å²) in [6.07, 6.45) is 8.82. The Morgan fingerprint density at radius 3 is 2.90 bits per heavy atom. The Bertz CT molecular complexity index is 561. The Morgan fingerprint density at radius 2 is 2.20 bits per heavy atom. The first kappa shape index (κ1) is 12.8. The number of ether oxygens (including phenoxy) is 1. The lowest BCUT2D eigenvalue weighted by molar-refractivity contribution is 0.233. The minimum Gasteiger partial charge on any atom is -0.493 e. The highest BCUT2D eigenvalue weighted by molar-refractivity contribution is 5.70. The van der Waals surface area contributed by atoms with Crippen molar-refractivity contribution in [2.75, 3.05) is 12.8 Å². The van der Waals surface area contributed by atoms with Crippen LogP contribution >= 0.6 is 0 Å². The third-order valence-electron chi connectivity index (χ3n) is 3.96. The van der Waals surface area contributed by atoms with E-state index in [1.165, 1.54) is 25.7 Å². The number of rotatable bonds is 3. The van der Waals surface area contributed by atoms with E-state index in [1.54, 1.807) is 13.3 Å². The van der Waals surface area contributed by atoms with Gasteiger partial charge in [0.25, 0.3) is 0 Å². The van der Waals surface area contributed by atoms with Gasteiger partial charge in [0.2, 0.25) is 0 Å². The van der Waals surface area contributed by atoms with Crippen LogP contribution in [-0.4, -0.2) is 23.1 Å². The normalized spacial score (nSPS) is 19.1. The standard InChI is InChI=1S/C15H20N4O/c1-10-7-13(18-19(10)12-5-3-4-6-12)11-8-14(20-2)15(16)17-9-11/h7-9,12,18H,1,3-6H2,2H3,(H2,16,17). The molecule has 0 saturated heterocycles. The third kappa shape index (κ3) is 2.19. The average molecular weight is 272 g/mol. The lowest BCUT2D eigenvalue weighted by Crippen LogP contribution is -2.38. The van der Waals surface area contributed by atoms with E-state index in [-0.39, 0.29) is 0 Å². The highest BCUT2D eigenvalue weighted by Crippen LogP contribution is 2.32. The number of methoxy groups -OCH3 is 1. The predicted octanol–water partition coefficient (Wildman–Crippen LogP) is 2.29. The first-order valence-electron chi connectivity index (χ1n) is 6.95. The molecule has 1 fully saturated rings. The lowest BCUT2D eigenvalue weighted by atomic mass is 10.2. The number of aromatic nitrogens is 1. The van der Waals surface area contributed by atoms with Crippen LogP contribution in [0.15, 0.2) is 30.6 Å². The van der Waals surface area contributed by atoms with Crippen LogP contribution in [0.3, 0.4) is 0 Å². The van der Waals surface area contributed by atoms with Gasteiger partial charge < -0.3 is 10.5 Å². The lowest BCUT2D eigenvalue weighted by Gasteiger charge is -2.28. The molecule has 0 aromatic carbocycles. The van der Waals surface area contributed by atoms with E-state index in [0.717, 1.165) is 17.0 Å². The summed E-state index contributed by atoms with van der Waals surface area (Å²) in [5, 5.41) is 2.17. The molecule has 1 aromatic heterocycles. The maximum Gasteiger partial charge on any atom is 0.166 e. The van der Waals surface area contributed by atoms with Gasteiger partial charge in [-0.15, -0.1) is 0 Å². The van der Waals surface area contributed by atoms with Crippen LogP contribution in [0.4, 0.5) is 5.82 Å². The number of hydrogen-bond acceptors (Lipinski definition) is 5. The van der Waals surface area contributed by atoms with E-state index in [4.69, 9.17) is 10.5 Å². The van der Waals surface area contributed by atoms with Gasteiger partial charge in [-0.25, -0.2) is 4.98 Å². The molecule has 0 spiro atoms. The van der Waals surface area contributed by atoms with E-state index in [0.29, 0.717) is 17.6 Å². The second-order valence-corrected chi connectivity index (χ2v) is 5.28. The Labute approximate surface area is 119 Å². The van der Waals surface area contributed by atoms with Crippen LogP contribution in [0.2, 0.25) is 0 Å². The summed E-state index contributed by atoms with van der Waals surface area (Å²) >= 11 is 0. The van der Waals surface area contributed by atoms with Crippen LogP contribution in [-0.2, 0) is 0 Å². The molecule has 106 valence electrons. The summed E-state index contributed by atoms with van der Waals surface area (Å²) < 4.78 is 5.22. The molecular formula is C15H20N4O. The molecule has 5 heteroatoms. The van der Waals surface area contributed by atoms with Crippen LogP contribution < -0.4 is 15.9 Å². The molecule has 3 N–H and O–H groups in total. The van der Waals surface area contributed by atoms with Crippen molar-refractivity contribution in [2.24, 2.45) is 0 Å². The fourth-order valence-corrected chi connectivity index (χ4v) is 2.87. The summed E-state index contributed by atoms with van der Waals surface area (Å²) in [7, 11) is 1.59. The Kier molecular flexibility index (Phi) is 3.26.